The van der Waals surface area contributed by atoms with Gasteiger partial charge >= 0.3 is 5.97 Å². The lowest BCUT2D eigenvalue weighted by atomic mass is 10.2. The van der Waals surface area contributed by atoms with Gasteiger partial charge in [0.1, 0.15) is 4.90 Å². The number of carbonyl (C=O) groups excluding carboxylic acids is 1. The summed E-state index contributed by atoms with van der Waals surface area (Å²) in [5, 5.41) is 8.99. The van der Waals surface area contributed by atoms with Crippen LogP contribution in [-0.4, -0.2) is 36.4 Å². The lowest BCUT2D eigenvalue weighted by Gasteiger charge is -2.10. The zero-order chi connectivity index (χ0) is 20.2. The molecular weight excluding hydrogens is 415 g/mol. The van der Waals surface area contributed by atoms with E-state index in [-0.39, 0.29) is 40.1 Å². The quantitative estimate of drug-likeness (QED) is 0.592. The second-order valence-corrected chi connectivity index (χ2v) is 8.39. The molecule has 0 aliphatic rings. The molecule has 0 saturated carbocycles. The molecule has 2 rings (SSSR count). The molecule has 0 atom stereocenters. The van der Waals surface area contributed by atoms with Crippen molar-refractivity contribution in [2.24, 2.45) is 7.05 Å². The molecule has 27 heavy (non-hydrogen) atoms. The van der Waals surface area contributed by atoms with E-state index in [2.05, 4.69) is 4.72 Å². The summed E-state index contributed by atoms with van der Waals surface area (Å²) in [5.74, 6) is -1.32. The Balaban J connectivity index is 2.02. The van der Waals surface area contributed by atoms with Crippen molar-refractivity contribution in [3.63, 3.8) is 0 Å². The van der Waals surface area contributed by atoms with Crippen molar-refractivity contribution >= 4 is 45.0 Å². The topological polar surface area (TPSA) is 105 Å². The molecule has 1 heterocycles. The maximum Gasteiger partial charge on any atom is 0.303 e. The smallest absolute Gasteiger partial charge is 0.303 e. The Morgan fingerprint density at radius 2 is 1.85 bits per heavy atom. The zero-order valence-corrected chi connectivity index (χ0v) is 16.7. The van der Waals surface area contributed by atoms with Crippen molar-refractivity contribution in [2.45, 2.75) is 24.2 Å². The molecule has 0 spiro atoms. The van der Waals surface area contributed by atoms with Crippen molar-refractivity contribution in [1.82, 2.24) is 9.29 Å². The number of carboxylic acid groups (broad SMARTS) is 1. The molecule has 0 unspecified atom stereocenters. The monoisotopic (exact) mass is 432 g/mol. The third-order valence-electron chi connectivity index (χ3n) is 3.93. The molecule has 1 aromatic heterocycles. The number of rotatable bonds is 9. The number of aromatic nitrogens is 1. The summed E-state index contributed by atoms with van der Waals surface area (Å²) >= 11 is 11.8. The molecule has 10 heteroatoms. The van der Waals surface area contributed by atoms with Gasteiger partial charge in [-0.05, 0) is 30.3 Å². The van der Waals surface area contributed by atoms with Crippen LogP contribution in [0.2, 0.25) is 10.0 Å². The second-order valence-electron chi connectivity index (χ2n) is 5.81. The molecule has 146 valence electrons. The highest BCUT2D eigenvalue weighted by Crippen LogP contribution is 2.24. The predicted molar refractivity (Wildman–Crippen MR) is 102 cm³/mol. The minimum Gasteiger partial charge on any atom is -0.481 e. The number of ketones is 1. The number of Topliss-reactive ketones (excluding diaryl/α,β-unsaturated/α-hetero) is 1. The van der Waals surface area contributed by atoms with Crippen LogP contribution in [0.3, 0.4) is 0 Å². The largest absolute Gasteiger partial charge is 0.481 e. The average Bonchev–Trinajstić information content (AvgIpc) is 2.95. The minimum absolute atomic E-state index is 0.0667. The van der Waals surface area contributed by atoms with E-state index in [0.29, 0.717) is 12.1 Å². The van der Waals surface area contributed by atoms with E-state index in [1.807, 2.05) is 0 Å². The van der Waals surface area contributed by atoms with E-state index in [9.17, 15) is 18.0 Å². The first-order chi connectivity index (χ1) is 12.6. The Morgan fingerprint density at radius 1 is 1.15 bits per heavy atom. The molecule has 0 radical (unpaired) electrons. The van der Waals surface area contributed by atoms with Crippen LogP contribution >= 0.6 is 23.2 Å². The van der Waals surface area contributed by atoms with Gasteiger partial charge in [-0.1, -0.05) is 23.2 Å². The summed E-state index contributed by atoms with van der Waals surface area (Å²) in [6, 6.07) is 7.48. The third kappa shape index (κ3) is 5.55. The summed E-state index contributed by atoms with van der Waals surface area (Å²) in [6.45, 7) is 0.0891. The van der Waals surface area contributed by atoms with Crippen LogP contribution < -0.4 is 4.72 Å². The van der Waals surface area contributed by atoms with E-state index in [1.165, 1.54) is 18.2 Å². The molecule has 7 nitrogen and oxygen atoms in total. The van der Waals surface area contributed by atoms with Gasteiger partial charge in [-0.15, -0.1) is 0 Å². The molecule has 0 amide bonds. The van der Waals surface area contributed by atoms with Crippen LogP contribution in [0.5, 0.6) is 0 Å². The number of halogens is 2. The first-order valence-corrected chi connectivity index (χ1v) is 10.2. The number of nitrogens with zero attached hydrogens (tertiary/aromatic N) is 1. The molecule has 0 fully saturated rings. The maximum atomic E-state index is 12.4. The molecule has 0 bridgehead atoms. The predicted octanol–water partition coefficient (Wildman–Crippen LogP) is 2.90. The minimum atomic E-state index is -3.83. The van der Waals surface area contributed by atoms with E-state index < -0.39 is 16.0 Å². The van der Waals surface area contributed by atoms with Crippen molar-refractivity contribution in [3.8, 4) is 0 Å². The fraction of sp³-hybridized carbons (Fsp3) is 0.294. The Hall–Kier alpha value is -1.87. The van der Waals surface area contributed by atoms with Crippen LogP contribution in [-0.2, 0) is 28.3 Å². The average molecular weight is 433 g/mol. The van der Waals surface area contributed by atoms with Crippen molar-refractivity contribution < 1.29 is 23.1 Å². The lowest BCUT2D eigenvalue weighted by molar-refractivity contribution is -0.136. The van der Waals surface area contributed by atoms with Crippen LogP contribution in [0, 0.1) is 0 Å². The van der Waals surface area contributed by atoms with Crippen LogP contribution in [0.25, 0.3) is 0 Å². The van der Waals surface area contributed by atoms with Gasteiger partial charge < -0.3 is 9.67 Å². The molecule has 0 aliphatic heterocycles. The number of sulfonamides is 1. The van der Waals surface area contributed by atoms with Gasteiger partial charge in [-0.25, -0.2) is 13.1 Å². The molecular formula is C17H18Cl2N2O5S. The number of hydrogen-bond acceptors (Lipinski definition) is 4. The number of carboxylic acids is 1. The summed E-state index contributed by atoms with van der Waals surface area (Å²) in [7, 11) is -2.16. The standard InChI is InChI=1S/C17H18Cl2N2O5S/c1-21-12(3-5-14(21)15(22)6-7-17(23)24)8-9-20-27(25,26)16-10-11(18)2-4-13(16)19/h2-5,10,20H,6-9H2,1H3,(H,23,24). The Labute approximate surface area is 166 Å². The highest BCUT2D eigenvalue weighted by Gasteiger charge is 2.19. The first-order valence-electron chi connectivity index (χ1n) is 7.96. The third-order valence-corrected chi connectivity index (χ3v) is 6.11. The van der Waals surface area contributed by atoms with E-state index in [4.69, 9.17) is 28.3 Å². The van der Waals surface area contributed by atoms with Crippen LogP contribution in [0.15, 0.2) is 35.2 Å². The molecule has 1 aromatic carbocycles. The number of benzene rings is 1. The molecule has 0 aliphatic carbocycles. The summed E-state index contributed by atoms with van der Waals surface area (Å²) in [6.07, 6.45) is 0.00614. The Kier molecular flexibility index (Phi) is 7.05. The molecule has 2 aromatic rings. The van der Waals surface area contributed by atoms with Crippen molar-refractivity contribution in [1.29, 1.82) is 0 Å². The number of aliphatic carboxylic acids is 1. The highest BCUT2D eigenvalue weighted by atomic mass is 35.5. The van der Waals surface area contributed by atoms with Crippen molar-refractivity contribution in [3.05, 3.63) is 51.8 Å². The van der Waals surface area contributed by atoms with Gasteiger partial charge in [0.2, 0.25) is 10.0 Å². The van der Waals surface area contributed by atoms with Gasteiger partial charge in [-0.2, -0.15) is 0 Å². The molecule has 0 saturated heterocycles. The van der Waals surface area contributed by atoms with Gasteiger partial charge in [-0.3, -0.25) is 9.59 Å². The number of hydrogen-bond donors (Lipinski definition) is 2. The van der Waals surface area contributed by atoms with Gasteiger partial charge in [0.25, 0.3) is 0 Å². The number of carbonyl (C=O) groups is 2. The van der Waals surface area contributed by atoms with Crippen LogP contribution in [0.4, 0.5) is 0 Å². The van der Waals surface area contributed by atoms with E-state index in [1.54, 1.807) is 23.7 Å². The number of nitrogens with one attached hydrogen (secondary N) is 1. The highest BCUT2D eigenvalue weighted by molar-refractivity contribution is 7.89. The van der Waals surface area contributed by atoms with Gasteiger partial charge in [0.05, 0.1) is 17.1 Å². The lowest BCUT2D eigenvalue weighted by Crippen LogP contribution is -2.26. The van der Waals surface area contributed by atoms with Gasteiger partial charge in [0, 0.05) is 37.2 Å². The first kappa shape index (κ1) is 21.4. The van der Waals surface area contributed by atoms with Gasteiger partial charge in [0.15, 0.2) is 5.78 Å². The maximum absolute atomic E-state index is 12.4. The summed E-state index contributed by atoms with van der Waals surface area (Å²) in [4.78, 5) is 22.5. The molecule has 2 N–H and O–H groups in total. The van der Waals surface area contributed by atoms with Crippen molar-refractivity contribution in [2.75, 3.05) is 6.54 Å². The normalized spacial score (nSPS) is 11.5. The SMILES string of the molecule is Cn1c(CCNS(=O)(=O)c2cc(Cl)ccc2Cl)ccc1C(=O)CCC(=O)O. The zero-order valence-electron chi connectivity index (χ0n) is 14.4. The Bertz CT molecular complexity index is 970. The fourth-order valence-corrected chi connectivity index (χ4v) is 4.30. The van der Waals surface area contributed by atoms with E-state index in [0.717, 1.165) is 5.69 Å². The summed E-state index contributed by atoms with van der Waals surface area (Å²) in [5.41, 5.74) is 1.11. The van der Waals surface area contributed by atoms with E-state index >= 15 is 0 Å². The van der Waals surface area contributed by atoms with Crippen LogP contribution in [0.1, 0.15) is 29.0 Å². The fourth-order valence-electron chi connectivity index (χ4n) is 2.51. The summed E-state index contributed by atoms with van der Waals surface area (Å²) < 4.78 is 28.8. The second kappa shape index (κ2) is 8.88. The Morgan fingerprint density at radius 3 is 2.52 bits per heavy atom.